The van der Waals surface area contributed by atoms with Crippen LogP contribution in [0.1, 0.15) is 44.4 Å². The third kappa shape index (κ3) is 4.90. The summed E-state index contributed by atoms with van der Waals surface area (Å²) < 4.78 is 5.46. The van der Waals surface area contributed by atoms with Crippen LogP contribution >= 0.6 is 0 Å². The number of hydrogen-bond acceptors (Lipinski definition) is 4. The van der Waals surface area contributed by atoms with Crippen molar-refractivity contribution in [1.29, 1.82) is 0 Å². The van der Waals surface area contributed by atoms with Crippen LogP contribution in [-0.4, -0.2) is 16.2 Å². The highest BCUT2D eigenvalue weighted by Crippen LogP contribution is 2.34. The van der Waals surface area contributed by atoms with Gasteiger partial charge in [-0.2, -0.15) is 0 Å². The van der Waals surface area contributed by atoms with E-state index >= 15 is 0 Å². The highest BCUT2D eigenvalue weighted by Gasteiger charge is 2.23. The Labute approximate surface area is 177 Å². The number of aromatic hydroxyl groups is 2. The van der Waals surface area contributed by atoms with E-state index in [1.165, 1.54) is 0 Å². The van der Waals surface area contributed by atoms with Crippen molar-refractivity contribution in [3.8, 4) is 17.2 Å². The lowest BCUT2D eigenvalue weighted by atomic mass is 9.90. The van der Waals surface area contributed by atoms with Gasteiger partial charge in [0.15, 0.2) is 0 Å². The Morgan fingerprint density at radius 2 is 1.10 bits per heavy atom. The molecule has 0 atom stereocenters. The number of carbonyl (C=O) groups is 1. The molecule has 3 aromatic rings. The average molecular weight is 402 g/mol. The fraction of sp³-hybridized carbons (Fsp3) is 0.192. The van der Waals surface area contributed by atoms with Gasteiger partial charge in [-0.3, -0.25) is 4.79 Å². The molecule has 0 saturated carbocycles. The lowest BCUT2D eigenvalue weighted by Crippen LogP contribution is -2.25. The molecule has 0 aliphatic rings. The second kappa shape index (κ2) is 8.46. The summed E-state index contributed by atoms with van der Waals surface area (Å²) in [4.78, 5) is 12.1. The smallest absolute Gasteiger partial charge is 0.316 e. The van der Waals surface area contributed by atoms with E-state index in [4.69, 9.17) is 4.74 Å². The molecule has 0 spiro atoms. The zero-order valence-corrected chi connectivity index (χ0v) is 17.6. The zero-order valence-electron chi connectivity index (χ0n) is 17.6. The van der Waals surface area contributed by atoms with Crippen molar-refractivity contribution in [2.24, 2.45) is 5.41 Å². The van der Waals surface area contributed by atoms with Crippen LogP contribution in [0.2, 0.25) is 0 Å². The van der Waals surface area contributed by atoms with Gasteiger partial charge in [-0.05, 0) is 91.9 Å². The summed E-state index contributed by atoms with van der Waals surface area (Å²) >= 11 is 0. The summed E-state index contributed by atoms with van der Waals surface area (Å²) in [6, 6.07) is 21.5. The molecule has 0 aliphatic carbocycles. The minimum absolute atomic E-state index is 0.200. The van der Waals surface area contributed by atoms with Crippen molar-refractivity contribution in [2.75, 3.05) is 0 Å². The van der Waals surface area contributed by atoms with Crippen molar-refractivity contribution >= 4 is 17.1 Å². The Morgan fingerprint density at radius 1 is 0.700 bits per heavy atom. The first-order valence-corrected chi connectivity index (χ1v) is 9.77. The Bertz CT molecular complexity index is 1000. The first-order chi connectivity index (χ1) is 14.1. The summed E-state index contributed by atoms with van der Waals surface area (Å²) in [5.74, 6) is 0.622. The van der Waals surface area contributed by atoms with Gasteiger partial charge in [-0.15, -0.1) is 0 Å². The molecule has 0 unspecified atom stereocenters. The van der Waals surface area contributed by atoms with Gasteiger partial charge < -0.3 is 14.9 Å². The van der Waals surface area contributed by atoms with Gasteiger partial charge in [0.05, 0.1) is 5.41 Å². The predicted octanol–water partition coefficient (Wildman–Crippen LogP) is 6.03. The molecule has 0 amide bonds. The monoisotopic (exact) mass is 402 g/mol. The summed E-state index contributed by atoms with van der Waals surface area (Å²) in [6.45, 7) is 7.47. The van der Waals surface area contributed by atoms with Crippen LogP contribution in [0.15, 0.2) is 72.8 Å². The van der Waals surface area contributed by atoms with Gasteiger partial charge in [-0.1, -0.05) is 36.4 Å². The van der Waals surface area contributed by atoms with Crippen LogP contribution in [0.5, 0.6) is 17.2 Å². The maximum absolute atomic E-state index is 12.1. The van der Waals surface area contributed by atoms with Gasteiger partial charge in [0.1, 0.15) is 17.2 Å². The minimum Gasteiger partial charge on any atom is -0.508 e. The van der Waals surface area contributed by atoms with E-state index in [9.17, 15) is 15.0 Å². The normalized spacial score (nSPS) is 11.1. The molecule has 4 heteroatoms. The molecule has 0 fully saturated rings. The maximum atomic E-state index is 12.1. The summed E-state index contributed by atoms with van der Waals surface area (Å²) in [7, 11) is 0. The Hall–Kier alpha value is -3.53. The molecule has 0 aliphatic heterocycles. The van der Waals surface area contributed by atoms with Gasteiger partial charge in [0.25, 0.3) is 0 Å². The summed E-state index contributed by atoms with van der Waals surface area (Å²) in [6.07, 6.45) is 0. The molecule has 0 bridgehead atoms. The first-order valence-electron chi connectivity index (χ1n) is 9.77. The highest BCUT2D eigenvalue weighted by atomic mass is 16.5. The highest BCUT2D eigenvalue weighted by molar-refractivity contribution is 5.98. The van der Waals surface area contributed by atoms with Crippen LogP contribution in [-0.2, 0) is 4.79 Å². The van der Waals surface area contributed by atoms with E-state index in [-0.39, 0.29) is 17.5 Å². The number of hydrogen-bond donors (Lipinski definition) is 2. The fourth-order valence-corrected chi connectivity index (χ4v) is 3.03. The van der Waals surface area contributed by atoms with Crippen LogP contribution in [0.3, 0.4) is 0 Å². The summed E-state index contributed by atoms with van der Waals surface area (Å²) in [5, 5.41) is 19.3. The number of phenolic OH excluding ortho intramolecular Hbond substituents is 2. The van der Waals surface area contributed by atoms with Gasteiger partial charge in [0, 0.05) is 0 Å². The topological polar surface area (TPSA) is 66.8 Å². The van der Waals surface area contributed by atoms with Crippen LogP contribution in [0, 0.1) is 5.41 Å². The number of rotatable bonds is 4. The van der Waals surface area contributed by atoms with Crippen molar-refractivity contribution in [3.05, 3.63) is 89.5 Å². The quantitative estimate of drug-likeness (QED) is 0.318. The van der Waals surface area contributed by atoms with E-state index in [2.05, 4.69) is 0 Å². The molecule has 3 rings (SSSR count). The zero-order chi connectivity index (χ0) is 21.9. The Morgan fingerprint density at radius 3 is 1.50 bits per heavy atom. The Kier molecular flexibility index (Phi) is 5.97. The largest absolute Gasteiger partial charge is 0.508 e. The molecule has 0 heterocycles. The Balaban J connectivity index is 2.02. The number of esters is 1. The lowest BCUT2D eigenvalue weighted by molar-refractivity contribution is -0.142. The van der Waals surface area contributed by atoms with E-state index in [1.807, 2.05) is 64.1 Å². The second-order valence-electron chi connectivity index (χ2n) is 8.26. The van der Waals surface area contributed by atoms with Crippen molar-refractivity contribution < 1.29 is 19.7 Å². The van der Waals surface area contributed by atoms with E-state index < -0.39 is 5.41 Å². The molecule has 0 saturated heterocycles. The number of ether oxygens (including phenoxy) is 1. The molecular weight excluding hydrogens is 376 g/mol. The number of phenols is 2. The van der Waals surface area contributed by atoms with E-state index in [1.54, 1.807) is 36.4 Å². The fourth-order valence-electron chi connectivity index (χ4n) is 3.03. The molecular formula is C26H26O4. The molecule has 4 nitrogen and oxygen atoms in total. The molecule has 2 N–H and O–H groups in total. The van der Waals surface area contributed by atoms with Crippen LogP contribution < -0.4 is 4.74 Å². The number of benzene rings is 3. The maximum Gasteiger partial charge on any atom is 0.316 e. The van der Waals surface area contributed by atoms with Crippen molar-refractivity contribution in [3.63, 3.8) is 0 Å². The van der Waals surface area contributed by atoms with Crippen molar-refractivity contribution in [1.82, 2.24) is 0 Å². The molecule has 0 aromatic heterocycles. The average Bonchev–Trinajstić information content (AvgIpc) is 2.71. The lowest BCUT2D eigenvalue weighted by Gasteiger charge is -2.17. The minimum atomic E-state index is -0.570. The molecule has 3 aromatic carbocycles. The number of allylic oxidation sites excluding steroid dienone is 1. The SMILES string of the molecule is CC(=C(c1ccc(O)cc1)c1ccc(O)cc1)c1ccc(OC(=O)C(C)(C)C)cc1. The van der Waals surface area contributed by atoms with E-state index in [0.29, 0.717) is 5.75 Å². The third-order valence-corrected chi connectivity index (χ3v) is 4.80. The molecule has 30 heavy (non-hydrogen) atoms. The van der Waals surface area contributed by atoms with Gasteiger partial charge >= 0.3 is 5.97 Å². The first kappa shape index (κ1) is 21.2. The van der Waals surface area contributed by atoms with E-state index in [0.717, 1.165) is 27.8 Å². The van der Waals surface area contributed by atoms with Gasteiger partial charge in [0.2, 0.25) is 0 Å². The molecule has 154 valence electrons. The van der Waals surface area contributed by atoms with Crippen molar-refractivity contribution in [2.45, 2.75) is 27.7 Å². The standard InChI is InChI=1S/C26H26O4/c1-17(18-9-15-23(16-10-18)30-25(29)26(2,3)4)24(19-5-11-21(27)12-6-19)20-7-13-22(28)14-8-20/h5-16,27-28H,1-4H3. The third-order valence-electron chi connectivity index (χ3n) is 4.80. The number of carbonyl (C=O) groups excluding carboxylic acids is 1. The molecule has 0 radical (unpaired) electrons. The summed E-state index contributed by atoms with van der Waals surface area (Å²) in [5.41, 5.74) is 4.29. The van der Waals surface area contributed by atoms with Crippen LogP contribution in [0.25, 0.3) is 11.1 Å². The van der Waals surface area contributed by atoms with Crippen LogP contribution in [0.4, 0.5) is 0 Å². The van der Waals surface area contributed by atoms with Gasteiger partial charge in [-0.25, -0.2) is 0 Å². The predicted molar refractivity (Wildman–Crippen MR) is 119 cm³/mol. The second-order valence-corrected chi connectivity index (χ2v) is 8.26.